The van der Waals surface area contributed by atoms with Crippen LogP contribution in [0.4, 0.5) is 5.82 Å². The third-order valence-electron chi connectivity index (χ3n) is 2.08. The molecule has 3 N–H and O–H groups in total. The summed E-state index contributed by atoms with van der Waals surface area (Å²) >= 11 is 1.56. The maximum atomic E-state index is 11.2. The van der Waals surface area contributed by atoms with E-state index in [-0.39, 0.29) is 5.56 Å². The Morgan fingerprint density at radius 1 is 1.62 bits per heavy atom. The first-order valence-electron chi connectivity index (χ1n) is 5.09. The predicted octanol–water partition coefficient (Wildman–Crippen LogP) is 0.892. The molecule has 0 saturated carbocycles. The normalized spacial score (nSPS) is 11.1. The lowest BCUT2D eigenvalue weighted by molar-refractivity contribution is 0.872. The Hall–Kier alpha value is -1.50. The number of rotatable bonds is 4. The van der Waals surface area contributed by atoms with E-state index in [1.54, 1.807) is 11.8 Å². The SMILES string of the molecule is CCCCSc1nc2[nH]c(=O)cc(N)n2n1. The molecule has 2 aromatic rings. The molecule has 16 heavy (non-hydrogen) atoms. The lowest BCUT2D eigenvalue weighted by Crippen LogP contribution is -2.11. The molecule has 0 aliphatic rings. The van der Waals surface area contributed by atoms with Crippen molar-refractivity contribution in [1.29, 1.82) is 0 Å². The molecule has 0 saturated heterocycles. The van der Waals surface area contributed by atoms with E-state index in [1.165, 1.54) is 10.6 Å². The van der Waals surface area contributed by atoms with Gasteiger partial charge in [0.15, 0.2) is 0 Å². The van der Waals surface area contributed by atoms with Crippen molar-refractivity contribution in [1.82, 2.24) is 19.6 Å². The number of anilines is 1. The molecule has 0 aliphatic heterocycles. The van der Waals surface area contributed by atoms with E-state index in [9.17, 15) is 4.79 Å². The largest absolute Gasteiger partial charge is 0.383 e. The zero-order valence-corrected chi connectivity index (χ0v) is 9.75. The van der Waals surface area contributed by atoms with Gasteiger partial charge in [-0.3, -0.25) is 9.78 Å². The van der Waals surface area contributed by atoms with Gasteiger partial charge in [-0.15, -0.1) is 5.10 Å². The van der Waals surface area contributed by atoms with E-state index in [2.05, 4.69) is 22.0 Å². The minimum atomic E-state index is -0.262. The molecule has 0 atom stereocenters. The van der Waals surface area contributed by atoms with Gasteiger partial charge >= 0.3 is 0 Å². The van der Waals surface area contributed by atoms with Crippen LogP contribution in [0.1, 0.15) is 19.8 Å². The fourth-order valence-electron chi connectivity index (χ4n) is 1.26. The molecule has 0 spiro atoms. The van der Waals surface area contributed by atoms with Crippen LogP contribution in [0, 0.1) is 0 Å². The van der Waals surface area contributed by atoms with Crippen LogP contribution in [0.25, 0.3) is 5.78 Å². The molecule has 0 aliphatic carbocycles. The average Bonchev–Trinajstić information content (AvgIpc) is 2.61. The Morgan fingerprint density at radius 2 is 2.44 bits per heavy atom. The van der Waals surface area contributed by atoms with Crippen LogP contribution in [0.3, 0.4) is 0 Å². The van der Waals surface area contributed by atoms with Crippen LogP contribution >= 0.6 is 11.8 Å². The van der Waals surface area contributed by atoms with Gasteiger partial charge in [0.2, 0.25) is 10.9 Å². The summed E-state index contributed by atoms with van der Waals surface area (Å²) in [5.41, 5.74) is 5.39. The van der Waals surface area contributed by atoms with Crippen molar-refractivity contribution < 1.29 is 0 Å². The van der Waals surface area contributed by atoms with Crippen molar-refractivity contribution in [2.75, 3.05) is 11.5 Å². The van der Waals surface area contributed by atoms with Crippen LogP contribution < -0.4 is 11.3 Å². The molecule has 2 heterocycles. The number of fused-ring (bicyclic) bond motifs is 1. The van der Waals surface area contributed by atoms with E-state index < -0.39 is 0 Å². The standard InChI is InChI=1S/C9H13N5OS/c1-2-3-4-16-9-12-8-11-7(15)5-6(10)14(8)13-9/h5H,2-4,10H2,1H3,(H,11,12,13,15). The second-order valence-electron chi connectivity index (χ2n) is 3.39. The Balaban J connectivity index is 2.29. The number of nitrogens with one attached hydrogen (secondary N) is 1. The molecule has 0 radical (unpaired) electrons. The molecule has 6 nitrogen and oxygen atoms in total. The van der Waals surface area contributed by atoms with Gasteiger partial charge in [0, 0.05) is 11.8 Å². The van der Waals surface area contributed by atoms with E-state index in [4.69, 9.17) is 5.73 Å². The molecule has 2 rings (SSSR count). The van der Waals surface area contributed by atoms with Crippen LogP contribution in [-0.2, 0) is 0 Å². The molecular weight excluding hydrogens is 226 g/mol. The molecule has 86 valence electrons. The van der Waals surface area contributed by atoms with E-state index in [1.807, 2.05) is 0 Å². The molecular formula is C9H13N5OS. The number of thioether (sulfide) groups is 1. The van der Waals surface area contributed by atoms with Crippen molar-refractivity contribution >= 4 is 23.4 Å². The first-order chi connectivity index (χ1) is 7.70. The second kappa shape index (κ2) is 4.56. The highest BCUT2D eigenvalue weighted by Gasteiger charge is 2.07. The predicted molar refractivity (Wildman–Crippen MR) is 63.7 cm³/mol. The summed E-state index contributed by atoms with van der Waals surface area (Å²) in [6.45, 7) is 2.13. The topological polar surface area (TPSA) is 89.1 Å². The van der Waals surface area contributed by atoms with Crippen LogP contribution in [0.5, 0.6) is 0 Å². The Labute approximate surface area is 96.3 Å². The number of aromatic amines is 1. The molecule has 0 unspecified atom stereocenters. The quantitative estimate of drug-likeness (QED) is 0.611. The summed E-state index contributed by atoms with van der Waals surface area (Å²) in [6.07, 6.45) is 2.26. The number of nitrogens with two attached hydrogens (primary N) is 1. The first-order valence-corrected chi connectivity index (χ1v) is 6.07. The molecule has 0 amide bonds. The summed E-state index contributed by atoms with van der Waals surface area (Å²) in [5, 5.41) is 4.84. The Morgan fingerprint density at radius 3 is 3.19 bits per heavy atom. The smallest absolute Gasteiger partial charge is 0.254 e. The highest BCUT2D eigenvalue weighted by atomic mass is 32.2. The van der Waals surface area contributed by atoms with Gasteiger partial charge in [0.25, 0.3) is 5.56 Å². The summed E-state index contributed by atoms with van der Waals surface area (Å²) < 4.78 is 1.44. The highest BCUT2D eigenvalue weighted by molar-refractivity contribution is 7.99. The van der Waals surface area contributed by atoms with Gasteiger partial charge in [-0.1, -0.05) is 25.1 Å². The molecule has 0 fully saturated rings. The lowest BCUT2D eigenvalue weighted by Gasteiger charge is -1.94. The Bertz CT molecular complexity index is 546. The number of aromatic nitrogens is 4. The third-order valence-corrected chi connectivity index (χ3v) is 3.00. The lowest BCUT2D eigenvalue weighted by atomic mass is 10.4. The van der Waals surface area contributed by atoms with Gasteiger partial charge in [-0.2, -0.15) is 9.50 Å². The van der Waals surface area contributed by atoms with Gasteiger partial charge in [0.1, 0.15) is 5.82 Å². The zero-order chi connectivity index (χ0) is 11.5. The van der Waals surface area contributed by atoms with Gasteiger partial charge in [-0.05, 0) is 6.42 Å². The number of unbranched alkanes of at least 4 members (excludes halogenated alkanes) is 1. The van der Waals surface area contributed by atoms with Crippen molar-refractivity contribution in [2.24, 2.45) is 0 Å². The number of hydrogen-bond donors (Lipinski definition) is 2. The molecule has 0 aromatic carbocycles. The van der Waals surface area contributed by atoms with Gasteiger partial charge in [-0.25, -0.2) is 0 Å². The van der Waals surface area contributed by atoms with Crippen molar-refractivity contribution in [3.8, 4) is 0 Å². The summed E-state index contributed by atoms with van der Waals surface area (Å²) in [6, 6.07) is 1.29. The van der Waals surface area contributed by atoms with Gasteiger partial charge in [0.05, 0.1) is 0 Å². The highest BCUT2D eigenvalue weighted by Crippen LogP contribution is 2.15. The molecule has 2 aromatic heterocycles. The Kier molecular flexibility index (Phi) is 3.14. The number of H-pyrrole nitrogens is 1. The van der Waals surface area contributed by atoms with Crippen LogP contribution in [-0.4, -0.2) is 25.3 Å². The van der Waals surface area contributed by atoms with Crippen LogP contribution in [0.15, 0.2) is 16.0 Å². The van der Waals surface area contributed by atoms with Crippen molar-refractivity contribution in [3.63, 3.8) is 0 Å². The fourth-order valence-corrected chi connectivity index (χ4v) is 2.17. The monoisotopic (exact) mass is 239 g/mol. The second-order valence-corrected chi connectivity index (χ2v) is 4.45. The maximum Gasteiger partial charge on any atom is 0.254 e. The van der Waals surface area contributed by atoms with Crippen LogP contribution in [0.2, 0.25) is 0 Å². The maximum absolute atomic E-state index is 11.2. The summed E-state index contributed by atoms with van der Waals surface area (Å²) in [7, 11) is 0. The molecule has 7 heteroatoms. The van der Waals surface area contributed by atoms with E-state index >= 15 is 0 Å². The van der Waals surface area contributed by atoms with E-state index in [0.717, 1.165) is 18.6 Å². The number of nitrogens with zero attached hydrogens (tertiary/aromatic N) is 3. The van der Waals surface area contributed by atoms with Crippen molar-refractivity contribution in [2.45, 2.75) is 24.9 Å². The number of hydrogen-bond acceptors (Lipinski definition) is 5. The zero-order valence-electron chi connectivity index (χ0n) is 8.93. The fraction of sp³-hybridized carbons (Fsp3) is 0.444. The molecule has 0 bridgehead atoms. The van der Waals surface area contributed by atoms with Gasteiger partial charge < -0.3 is 5.73 Å². The van der Waals surface area contributed by atoms with Crippen molar-refractivity contribution in [3.05, 3.63) is 16.4 Å². The third kappa shape index (κ3) is 2.19. The van der Waals surface area contributed by atoms with E-state index in [0.29, 0.717) is 16.8 Å². The average molecular weight is 239 g/mol. The number of nitrogen functional groups attached to an aromatic ring is 1. The summed E-state index contributed by atoms with van der Waals surface area (Å²) in [5.74, 6) is 1.66. The minimum absolute atomic E-state index is 0.262. The first kappa shape index (κ1) is 11.0. The minimum Gasteiger partial charge on any atom is -0.383 e. The summed E-state index contributed by atoms with van der Waals surface area (Å²) in [4.78, 5) is 17.9.